The van der Waals surface area contributed by atoms with Crippen LogP contribution in [0, 0.1) is 20.8 Å². The molecule has 19 heavy (non-hydrogen) atoms. The summed E-state index contributed by atoms with van der Waals surface area (Å²) in [6.45, 7) is 5.72. The third-order valence-electron chi connectivity index (χ3n) is 2.53. The van der Waals surface area contributed by atoms with Gasteiger partial charge in [-0.3, -0.25) is 0 Å². The number of carboxylic acid groups (broad SMARTS) is 1. The number of aryl methyl sites for hydroxylation is 3. The summed E-state index contributed by atoms with van der Waals surface area (Å²) in [5.41, 5.74) is 3.04. The van der Waals surface area contributed by atoms with Gasteiger partial charge in [0.05, 0.1) is 5.56 Å². The van der Waals surface area contributed by atoms with Gasteiger partial charge in [0.25, 0.3) is 0 Å². The van der Waals surface area contributed by atoms with Crippen LogP contribution in [0.5, 0.6) is 0 Å². The highest BCUT2D eigenvalue weighted by atomic mass is 32.2. The van der Waals surface area contributed by atoms with Crippen LogP contribution in [0.4, 0.5) is 0 Å². The van der Waals surface area contributed by atoms with E-state index in [0.717, 1.165) is 17.0 Å². The zero-order chi connectivity index (χ0) is 14.0. The summed E-state index contributed by atoms with van der Waals surface area (Å²) in [7, 11) is 0. The fraction of sp³-hybridized carbons (Fsp3) is 0.214. The van der Waals surface area contributed by atoms with Gasteiger partial charge in [-0.2, -0.15) is 0 Å². The first kappa shape index (κ1) is 13.5. The molecule has 1 aromatic heterocycles. The fourth-order valence-electron chi connectivity index (χ4n) is 1.73. The highest BCUT2D eigenvalue weighted by Crippen LogP contribution is 2.29. The second-order valence-electron chi connectivity index (χ2n) is 4.34. The van der Waals surface area contributed by atoms with Gasteiger partial charge in [-0.1, -0.05) is 6.07 Å². The molecule has 2 rings (SSSR count). The summed E-state index contributed by atoms with van der Waals surface area (Å²) in [5, 5.41) is 9.76. The monoisotopic (exact) mass is 274 g/mol. The van der Waals surface area contributed by atoms with Gasteiger partial charge in [0.15, 0.2) is 5.16 Å². The molecule has 2 aromatic rings. The summed E-state index contributed by atoms with van der Waals surface area (Å²) >= 11 is 1.28. The number of hydrogen-bond acceptors (Lipinski definition) is 4. The number of rotatable bonds is 3. The van der Waals surface area contributed by atoms with Crippen molar-refractivity contribution in [3.63, 3.8) is 0 Å². The summed E-state index contributed by atoms with van der Waals surface area (Å²) < 4.78 is 0. The Kier molecular flexibility index (Phi) is 3.85. The van der Waals surface area contributed by atoms with Crippen molar-refractivity contribution in [2.24, 2.45) is 0 Å². The molecule has 0 radical (unpaired) electrons. The zero-order valence-electron chi connectivity index (χ0n) is 11.0. The van der Waals surface area contributed by atoms with Crippen LogP contribution >= 0.6 is 11.8 Å². The molecule has 1 N–H and O–H groups in total. The third kappa shape index (κ3) is 3.32. The number of nitrogens with zero attached hydrogens (tertiary/aromatic N) is 2. The molecule has 0 aliphatic rings. The van der Waals surface area contributed by atoms with Gasteiger partial charge in [0, 0.05) is 16.3 Å². The van der Waals surface area contributed by atoms with Gasteiger partial charge in [0.1, 0.15) is 0 Å². The molecule has 1 aromatic carbocycles. The van der Waals surface area contributed by atoms with Crippen LogP contribution in [0.2, 0.25) is 0 Å². The number of carbonyl (C=O) groups is 1. The summed E-state index contributed by atoms with van der Waals surface area (Å²) in [6, 6.07) is 7.13. The smallest absolute Gasteiger partial charge is 0.336 e. The van der Waals surface area contributed by atoms with Crippen molar-refractivity contribution in [1.29, 1.82) is 0 Å². The lowest BCUT2D eigenvalue weighted by Gasteiger charge is -2.07. The first-order valence-corrected chi connectivity index (χ1v) is 6.61. The van der Waals surface area contributed by atoms with Crippen LogP contribution in [-0.2, 0) is 0 Å². The van der Waals surface area contributed by atoms with E-state index < -0.39 is 5.97 Å². The number of aromatic nitrogens is 2. The van der Waals surface area contributed by atoms with Crippen molar-refractivity contribution in [1.82, 2.24) is 9.97 Å². The summed E-state index contributed by atoms with van der Waals surface area (Å²) in [5.74, 6) is -0.938. The van der Waals surface area contributed by atoms with Gasteiger partial charge >= 0.3 is 5.97 Å². The van der Waals surface area contributed by atoms with Crippen molar-refractivity contribution in [3.8, 4) is 0 Å². The second kappa shape index (κ2) is 5.40. The largest absolute Gasteiger partial charge is 0.478 e. The molecule has 0 fully saturated rings. The molecular weight excluding hydrogens is 260 g/mol. The Morgan fingerprint density at radius 1 is 1.11 bits per heavy atom. The quantitative estimate of drug-likeness (QED) is 0.870. The van der Waals surface area contributed by atoms with E-state index in [1.807, 2.05) is 32.9 Å². The van der Waals surface area contributed by atoms with E-state index >= 15 is 0 Å². The van der Waals surface area contributed by atoms with Gasteiger partial charge in [-0.05, 0) is 56.3 Å². The molecule has 5 heteroatoms. The van der Waals surface area contributed by atoms with Crippen LogP contribution in [0.15, 0.2) is 34.3 Å². The van der Waals surface area contributed by atoms with Gasteiger partial charge in [-0.25, -0.2) is 14.8 Å². The van der Waals surface area contributed by atoms with Crippen LogP contribution in [0.3, 0.4) is 0 Å². The number of carboxylic acids is 1. The molecule has 0 spiro atoms. The molecule has 0 aliphatic carbocycles. The predicted octanol–water partition coefficient (Wildman–Crippen LogP) is 3.25. The summed E-state index contributed by atoms with van der Waals surface area (Å²) in [4.78, 5) is 20.5. The topological polar surface area (TPSA) is 63.1 Å². The van der Waals surface area contributed by atoms with Crippen molar-refractivity contribution in [3.05, 3.63) is 46.8 Å². The Labute approximate surface area is 115 Å². The Balaban J connectivity index is 2.42. The molecule has 0 amide bonds. The Hall–Kier alpha value is -1.88. The van der Waals surface area contributed by atoms with E-state index in [-0.39, 0.29) is 5.56 Å². The Morgan fingerprint density at radius 3 is 2.32 bits per heavy atom. The van der Waals surface area contributed by atoms with Crippen molar-refractivity contribution >= 4 is 17.7 Å². The Bertz CT molecular complexity index is 621. The summed E-state index contributed by atoms with van der Waals surface area (Å²) in [6.07, 6.45) is 0. The molecule has 4 nitrogen and oxygen atoms in total. The lowest BCUT2D eigenvalue weighted by Crippen LogP contribution is -2.00. The number of hydrogen-bond donors (Lipinski definition) is 1. The number of aromatic carboxylic acids is 1. The van der Waals surface area contributed by atoms with E-state index in [0.29, 0.717) is 10.1 Å². The first-order valence-electron chi connectivity index (χ1n) is 5.80. The minimum atomic E-state index is -0.938. The predicted molar refractivity (Wildman–Crippen MR) is 73.8 cm³/mol. The lowest BCUT2D eigenvalue weighted by molar-refractivity contribution is 0.0693. The van der Waals surface area contributed by atoms with Crippen molar-refractivity contribution in [2.75, 3.05) is 0 Å². The molecule has 0 saturated carbocycles. The average Bonchev–Trinajstić information content (AvgIpc) is 2.26. The molecule has 0 bridgehead atoms. The van der Waals surface area contributed by atoms with E-state index in [2.05, 4.69) is 9.97 Å². The lowest BCUT2D eigenvalue weighted by atomic mass is 10.1. The first-order chi connectivity index (χ1) is 8.95. The van der Waals surface area contributed by atoms with Crippen molar-refractivity contribution < 1.29 is 9.90 Å². The van der Waals surface area contributed by atoms with Gasteiger partial charge in [0.2, 0.25) is 0 Å². The molecule has 98 valence electrons. The SMILES string of the molecule is Cc1ccc(C(=O)O)c(Sc2nc(C)cc(C)n2)c1. The standard InChI is InChI=1S/C14H14N2O2S/c1-8-4-5-11(13(17)18)12(6-8)19-14-15-9(2)7-10(3)16-14/h4-7H,1-3H3,(H,17,18). The molecular formula is C14H14N2O2S. The van der Waals surface area contributed by atoms with Gasteiger partial charge in [-0.15, -0.1) is 0 Å². The maximum Gasteiger partial charge on any atom is 0.336 e. The minimum absolute atomic E-state index is 0.276. The minimum Gasteiger partial charge on any atom is -0.478 e. The maximum absolute atomic E-state index is 11.2. The average molecular weight is 274 g/mol. The van der Waals surface area contributed by atoms with Crippen LogP contribution in [0.1, 0.15) is 27.3 Å². The maximum atomic E-state index is 11.2. The Morgan fingerprint density at radius 2 is 1.74 bits per heavy atom. The highest BCUT2D eigenvalue weighted by molar-refractivity contribution is 7.99. The third-order valence-corrected chi connectivity index (χ3v) is 3.45. The van der Waals surface area contributed by atoms with E-state index in [9.17, 15) is 9.90 Å². The molecule has 0 unspecified atom stereocenters. The highest BCUT2D eigenvalue weighted by Gasteiger charge is 2.13. The van der Waals surface area contributed by atoms with Crippen LogP contribution in [-0.4, -0.2) is 21.0 Å². The number of benzene rings is 1. The van der Waals surface area contributed by atoms with Crippen molar-refractivity contribution in [2.45, 2.75) is 30.8 Å². The zero-order valence-corrected chi connectivity index (χ0v) is 11.8. The van der Waals surface area contributed by atoms with E-state index in [1.165, 1.54) is 11.8 Å². The molecule has 0 aliphatic heterocycles. The fourth-order valence-corrected chi connectivity index (χ4v) is 2.81. The van der Waals surface area contributed by atoms with Crippen LogP contribution in [0.25, 0.3) is 0 Å². The van der Waals surface area contributed by atoms with E-state index in [1.54, 1.807) is 12.1 Å². The molecule has 0 saturated heterocycles. The molecule has 1 heterocycles. The molecule has 0 atom stereocenters. The second-order valence-corrected chi connectivity index (χ2v) is 5.35. The van der Waals surface area contributed by atoms with Crippen LogP contribution < -0.4 is 0 Å². The normalized spacial score (nSPS) is 10.5. The van der Waals surface area contributed by atoms with E-state index in [4.69, 9.17) is 0 Å². The van der Waals surface area contributed by atoms with Gasteiger partial charge < -0.3 is 5.11 Å².